The van der Waals surface area contributed by atoms with Crippen molar-refractivity contribution >= 4 is 23.3 Å². The number of amides is 1. The lowest BCUT2D eigenvalue weighted by Crippen LogP contribution is -2.38. The lowest BCUT2D eigenvalue weighted by atomic mass is 10.2. The molecule has 0 aromatic carbocycles. The number of rotatable bonds is 4. The van der Waals surface area contributed by atoms with E-state index in [2.05, 4.69) is 5.32 Å². The van der Waals surface area contributed by atoms with Crippen LogP contribution in [0.1, 0.15) is 20.3 Å². The summed E-state index contributed by atoms with van der Waals surface area (Å²) in [5, 5.41) is 2.51. The Bertz CT molecular complexity index is 159. The smallest absolute Gasteiger partial charge is 0.220 e. The number of hydrogen-bond acceptors (Lipinski definition) is 2. The first kappa shape index (κ1) is 10.4. The molecule has 0 aliphatic rings. The van der Waals surface area contributed by atoms with Crippen LogP contribution >= 0.6 is 11.6 Å². The predicted octanol–water partition coefficient (Wildman–Crippen LogP) is 0.709. The van der Waals surface area contributed by atoms with Gasteiger partial charge in [-0.3, -0.25) is 9.59 Å². The fourth-order valence-corrected chi connectivity index (χ4v) is 0.771. The summed E-state index contributed by atoms with van der Waals surface area (Å²) in [5.74, 6) is -0.338. The first-order valence-corrected chi connectivity index (χ1v) is 4.03. The SMILES string of the molecule is CCC(=O)N[C@@H](C)C(=O)CCl. The van der Waals surface area contributed by atoms with Gasteiger partial charge in [0.2, 0.25) is 5.91 Å². The average molecular weight is 178 g/mol. The normalized spacial score (nSPS) is 12.3. The summed E-state index contributed by atoms with van der Waals surface area (Å²) < 4.78 is 0. The third-order valence-corrected chi connectivity index (χ3v) is 1.58. The molecule has 1 amide bonds. The van der Waals surface area contributed by atoms with Crippen molar-refractivity contribution in [2.75, 3.05) is 5.88 Å². The molecule has 11 heavy (non-hydrogen) atoms. The van der Waals surface area contributed by atoms with E-state index in [-0.39, 0.29) is 17.6 Å². The molecular weight excluding hydrogens is 166 g/mol. The van der Waals surface area contributed by atoms with Crippen molar-refractivity contribution in [1.29, 1.82) is 0 Å². The van der Waals surface area contributed by atoms with E-state index in [0.29, 0.717) is 6.42 Å². The van der Waals surface area contributed by atoms with Crippen molar-refractivity contribution < 1.29 is 9.59 Å². The van der Waals surface area contributed by atoms with E-state index in [1.165, 1.54) is 0 Å². The minimum absolute atomic E-state index is 0.0504. The van der Waals surface area contributed by atoms with Crippen LogP contribution in [0.5, 0.6) is 0 Å². The van der Waals surface area contributed by atoms with Gasteiger partial charge in [-0.05, 0) is 6.92 Å². The summed E-state index contributed by atoms with van der Waals surface area (Å²) in [6, 6.07) is -0.458. The van der Waals surface area contributed by atoms with Crippen LogP contribution in [-0.2, 0) is 9.59 Å². The van der Waals surface area contributed by atoms with E-state index in [9.17, 15) is 9.59 Å². The van der Waals surface area contributed by atoms with Crippen LogP contribution in [0.3, 0.4) is 0 Å². The molecule has 0 saturated carbocycles. The molecule has 0 aliphatic heterocycles. The van der Waals surface area contributed by atoms with Gasteiger partial charge in [-0.15, -0.1) is 11.6 Å². The number of carbonyl (C=O) groups is 2. The lowest BCUT2D eigenvalue weighted by molar-refractivity contribution is -0.126. The van der Waals surface area contributed by atoms with E-state index in [0.717, 1.165) is 0 Å². The first-order valence-electron chi connectivity index (χ1n) is 3.49. The van der Waals surface area contributed by atoms with Crippen molar-refractivity contribution in [1.82, 2.24) is 5.32 Å². The number of hydrogen-bond donors (Lipinski definition) is 1. The second kappa shape index (κ2) is 5.13. The Labute approximate surface area is 71.1 Å². The fraction of sp³-hybridized carbons (Fsp3) is 0.714. The highest BCUT2D eigenvalue weighted by Gasteiger charge is 2.12. The molecule has 64 valence electrons. The number of ketones is 1. The molecular formula is C7H12ClNO2. The zero-order valence-corrected chi connectivity index (χ0v) is 7.44. The molecule has 1 N–H and O–H groups in total. The molecule has 0 spiro atoms. The van der Waals surface area contributed by atoms with E-state index >= 15 is 0 Å². The van der Waals surface area contributed by atoms with Gasteiger partial charge in [0.25, 0.3) is 0 Å². The third kappa shape index (κ3) is 3.98. The van der Waals surface area contributed by atoms with Crippen LogP contribution in [0.4, 0.5) is 0 Å². The Balaban J connectivity index is 3.77. The molecule has 4 heteroatoms. The number of Topliss-reactive ketones (excluding diaryl/α,β-unsaturated/α-hetero) is 1. The second-order valence-electron chi connectivity index (χ2n) is 2.24. The van der Waals surface area contributed by atoms with Gasteiger partial charge in [0, 0.05) is 6.42 Å². The largest absolute Gasteiger partial charge is 0.347 e. The standard InChI is InChI=1S/C7H12ClNO2/c1-3-7(11)9-5(2)6(10)4-8/h5H,3-4H2,1-2H3,(H,9,11)/t5-/m0/s1. The van der Waals surface area contributed by atoms with Gasteiger partial charge < -0.3 is 5.32 Å². The maximum absolute atomic E-state index is 10.8. The van der Waals surface area contributed by atoms with E-state index < -0.39 is 6.04 Å². The first-order chi connectivity index (χ1) is 5.11. The number of alkyl halides is 1. The van der Waals surface area contributed by atoms with Crippen LogP contribution in [0, 0.1) is 0 Å². The third-order valence-electron chi connectivity index (χ3n) is 1.31. The summed E-state index contributed by atoms with van der Waals surface area (Å²) >= 11 is 5.27. The predicted molar refractivity (Wildman–Crippen MR) is 43.6 cm³/mol. The average Bonchev–Trinajstić information content (AvgIpc) is 2.02. The monoisotopic (exact) mass is 177 g/mol. The van der Waals surface area contributed by atoms with Crippen molar-refractivity contribution in [2.45, 2.75) is 26.3 Å². The Morgan fingerprint density at radius 3 is 2.45 bits per heavy atom. The van der Waals surface area contributed by atoms with Crippen molar-refractivity contribution in [2.24, 2.45) is 0 Å². The quantitative estimate of drug-likeness (QED) is 0.643. The van der Waals surface area contributed by atoms with Crippen molar-refractivity contribution in [3.63, 3.8) is 0 Å². The Morgan fingerprint density at radius 2 is 2.09 bits per heavy atom. The Kier molecular flexibility index (Phi) is 4.86. The highest BCUT2D eigenvalue weighted by Crippen LogP contribution is 1.89. The fourth-order valence-electron chi connectivity index (χ4n) is 0.540. The zero-order chi connectivity index (χ0) is 8.85. The van der Waals surface area contributed by atoms with E-state index in [1.807, 2.05) is 0 Å². The summed E-state index contributed by atoms with van der Waals surface area (Å²) in [6.07, 6.45) is 0.389. The molecule has 0 unspecified atom stereocenters. The maximum Gasteiger partial charge on any atom is 0.220 e. The van der Waals surface area contributed by atoms with Crippen LogP contribution in [-0.4, -0.2) is 23.6 Å². The van der Waals surface area contributed by atoms with Gasteiger partial charge in [-0.25, -0.2) is 0 Å². The van der Waals surface area contributed by atoms with Crippen molar-refractivity contribution in [3.8, 4) is 0 Å². The van der Waals surface area contributed by atoms with Crippen LogP contribution in [0.15, 0.2) is 0 Å². The topological polar surface area (TPSA) is 46.2 Å². The van der Waals surface area contributed by atoms with Gasteiger partial charge in [0.15, 0.2) is 5.78 Å². The van der Waals surface area contributed by atoms with Gasteiger partial charge in [0.05, 0.1) is 11.9 Å². The summed E-state index contributed by atoms with van der Waals surface area (Å²) in [4.78, 5) is 21.6. The molecule has 0 saturated heterocycles. The van der Waals surface area contributed by atoms with Gasteiger partial charge >= 0.3 is 0 Å². The molecule has 0 rings (SSSR count). The molecule has 0 aromatic rings. The second-order valence-corrected chi connectivity index (χ2v) is 2.51. The summed E-state index contributed by atoms with van der Waals surface area (Å²) in [7, 11) is 0. The molecule has 0 radical (unpaired) electrons. The number of carbonyl (C=O) groups excluding carboxylic acids is 2. The lowest BCUT2D eigenvalue weighted by Gasteiger charge is -2.09. The maximum atomic E-state index is 10.8. The van der Waals surface area contributed by atoms with Crippen LogP contribution < -0.4 is 5.32 Å². The minimum Gasteiger partial charge on any atom is -0.347 e. The van der Waals surface area contributed by atoms with E-state index in [1.54, 1.807) is 13.8 Å². The van der Waals surface area contributed by atoms with Gasteiger partial charge in [0.1, 0.15) is 0 Å². The van der Waals surface area contributed by atoms with Crippen LogP contribution in [0.25, 0.3) is 0 Å². The highest BCUT2D eigenvalue weighted by atomic mass is 35.5. The minimum atomic E-state index is -0.458. The zero-order valence-electron chi connectivity index (χ0n) is 6.69. The molecule has 0 aliphatic carbocycles. The molecule has 0 heterocycles. The molecule has 3 nitrogen and oxygen atoms in total. The number of nitrogens with one attached hydrogen (secondary N) is 1. The molecule has 0 aromatic heterocycles. The summed E-state index contributed by atoms with van der Waals surface area (Å²) in [6.45, 7) is 3.35. The molecule has 0 fully saturated rings. The highest BCUT2D eigenvalue weighted by molar-refractivity contribution is 6.28. The van der Waals surface area contributed by atoms with Gasteiger partial charge in [-0.2, -0.15) is 0 Å². The molecule has 1 atom stereocenters. The Morgan fingerprint density at radius 1 is 1.55 bits per heavy atom. The van der Waals surface area contributed by atoms with Crippen LogP contribution in [0.2, 0.25) is 0 Å². The Hall–Kier alpha value is -0.570. The number of halogens is 1. The summed E-state index contributed by atoms with van der Waals surface area (Å²) in [5.41, 5.74) is 0. The van der Waals surface area contributed by atoms with Crippen molar-refractivity contribution in [3.05, 3.63) is 0 Å². The van der Waals surface area contributed by atoms with Gasteiger partial charge in [-0.1, -0.05) is 6.92 Å². The van der Waals surface area contributed by atoms with E-state index in [4.69, 9.17) is 11.6 Å². The molecule has 0 bridgehead atoms.